The SMILES string of the molecule is CCC(C)(C)NC(=O)CN(c1cc(C)ccc1OC)S(=O)(=O)c1ccc(C)cc1. The van der Waals surface area contributed by atoms with Crippen molar-refractivity contribution in [1.29, 1.82) is 0 Å². The average Bonchev–Trinajstić information content (AvgIpc) is 2.66. The van der Waals surface area contributed by atoms with E-state index in [-0.39, 0.29) is 17.3 Å². The summed E-state index contributed by atoms with van der Waals surface area (Å²) < 4.78 is 33.5. The van der Waals surface area contributed by atoms with Crippen LogP contribution in [0.25, 0.3) is 0 Å². The molecule has 0 aliphatic rings. The largest absolute Gasteiger partial charge is 0.495 e. The molecular weight excluding hydrogens is 388 g/mol. The third kappa shape index (κ3) is 5.50. The zero-order chi connectivity index (χ0) is 21.8. The smallest absolute Gasteiger partial charge is 0.264 e. The van der Waals surface area contributed by atoms with Gasteiger partial charge in [0.15, 0.2) is 0 Å². The highest BCUT2D eigenvalue weighted by atomic mass is 32.2. The molecule has 2 aromatic rings. The van der Waals surface area contributed by atoms with Crippen molar-refractivity contribution >= 4 is 21.6 Å². The lowest BCUT2D eigenvalue weighted by Crippen LogP contribution is -2.48. The van der Waals surface area contributed by atoms with Crippen LogP contribution in [0.1, 0.15) is 38.3 Å². The number of anilines is 1. The molecule has 7 heteroatoms. The molecule has 0 unspecified atom stereocenters. The van der Waals surface area contributed by atoms with Crippen molar-refractivity contribution in [1.82, 2.24) is 5.32 Å². The molecule has 0 spiro atoms. The van der Waals surface area contributed by atoms with Crippen LogP contribution < -0.4 is 14.4 Å². The van der Waals surface area contributed by atoms with Crippen molar-refractivity contribution in [2.75, 3.05) is 18.0 Å². The van der Waals surface area contributed by atoms with E-state index in [1.807, 2.05) is 40.7 Å². The number of aryl methyl sites for hydroxylation is 2. The second kappa shape index (κ2) is 8.86. The van der Waals surface area contributed by atoms with Gasteiger partial charge < -0.3 is 10.1 Å². The number of hydrogen-bond acceptors (Lipinski definition) is 4. The molecule has 158 valence electrons. The monoisotopic (exact) mass is 418 g/mol. The van der Waals surface area contributed by atoms with Crippen molar-refractivity contribution in [3.05, 3.63) is 53.6 Å². The van der Waals surface area contributed by atoms with E-state index in [0.717, 1.165) is 21.9 Å². The van der Waals surface area contributed by atoms with Crippen LogP contribution >= 0.6 is 0 Å². The standard InChI is InChI=1S/C22H30N2O4S/c1-7-22(4,5)23-21(25)15-24(19-14-17(3)10-13-20(19)28-6)29(26,27)18-11-8-16(2)9-12-18/h8-14H,7,15H2,1-6H3,(H,23,25). The molecule has 2 rings (SSSR count). The van der Waals surface area contributed by atoms with Gasteiger partial charge in [-0.2, -0.15) is 0 Å². The normalized spacial score (nSPS) is 11.8. The summed E-state index contributed by atoms with van der Waals surface area (Å²) in [6.45, 7) is 9.16. The summed E-state index contributed by atoms with van der Waals surface area (Å²) in [6.07, 6.45) is 0.719. The molecule has 2 aromatic carbocycles. The van der Waals surface area contributed by atoms with Crippen LogP contribution in [-0.4, -0.2) is 33.5 Å². The zero-order valence-corrected chi connectivity index (χ0v) is 18.8. The fraction of sp³-hybridized carbons (Fsp3) is 0.409. The number of methoxy groups -OCH3 is 1. The fourth-order valence-corrected chi connectivity index (χ4v) is 4.19. The summed E-state index contributed by atoms with van der Waals surface area (Å²) in [7, 11) is -2.51. The number of rotatable bonds is 8. The number of amides is 1. The van der Waals surface area contributed by atoms with Crippen LogP contribution in [0.5, 0.6) is 5.75 Å². The zero-order valence-electron chi connectivity index (χ0n) is 17.9. The highest BCUT2D eigenvalue weighted by Gasteiger charge is 2.30. The average molecular weight is 419 g/mol. The van der Waals surface area contributed by atoms with Crippen molar-refractivity contribution in [3.63, 3.8) is 0 Å². The van der Waals surface area contributed by atoms with E-state index in [1.165, 1.54) is 7.11 Å². The van der Waals surface area contributed by atoms with E-state index >= 15 is 0 Å². The highest BCUT2D eigenvalue weighted by Crippen LogP contribution is 2.33. The number of ether oxygens (including phenoxy) is 1. The predicted octanol–water partition coefficient (Wildman–Crippen LogP) is 3.81. The molecule has 0 fully saturated rings. The molecule has 6 nitrogen and oxygen atoms in total. The Morgan fingerprint density at radius 3 is 2.21 bits per heavy atom. The number of hydrogen-bond donors (Lipinski definition) is 1. The topological polar surface area (TPSA) is 75.7 Å². The van der Waals surface area contributed by atoms with E-state index in [9.17, 15) is 13.2 Å². The van der Waals surface area contributed by atoms with Gasteiger partial charge in [0.25, 0.3) is 10.0 Å². The van der Waals surface area contributed by atoms with Crippen molar-refractivity contribution in [2.45, 2.75) is 51.5 Å². The quantitative estimate of drug-likeness (QED) is 0.707. The first-order valence-electron chi connectivity index (χ1n) is 9.55. The van der Waals surface area contributed by atoms with Gasteiger partial charge in [-0.1, -0.05) is 30.7 Å². The molecule has 29 heavy (non-hydrogen) atoms. The summed E-state index contributed by atoms with van der Waals surface area (Å²) in [4.78, 5) is 12.9. The van der Waals surface area contributed by atoms with Gasteiger partial charge in [0.1, 0.15) is 12.3 Å². The number of benzene rings is 2. The Kier molecular flexibility index (Phi) is 6.95. The Morgan fingerprint density at radius 1 is 1.07 bits per heavy atom. The summed E-state index contributed by atoms with van der Waals surface area (Å²) in [6, 6.07) is 11.8. The summed E-state index contributed by atoms with van der Waals surface area (Å²) >= 11 is 0. The first-order valence-corrected chi connectivity index (χ1v) is 11.0. The maximum absolute atomic E-state index is 13.5. The van der Waals surface area contributed by atoms with Crippen LogP contribution in [0, 0.1) is 13.8 Å². The fourth-order valence-electron chi connectivity index (χ4n) is 2.77. The second-order valence-corrected chi connectivity index (χ2v) is 9.65. The lowest BCUT2D eigenvalue weighted by Gasteiger charge is -2.29. The van der Waals surface area contributed by atoms with E-state index < -0.39 is 15.6 Å². The number of carbonyl (C=O) groups is 1. The maximum Gasteiger partial charge on any atom is 0.264 e. The Hall–Kier alpha value is -2.54. The third-order valence-corrected chi connectivity index (χ3v) is 6.63. The number of sulfonamides is 1. The molecule has 1 N–H and O–H groups in total. The Bertz CT molecular complexity index is 967. The summed E-state index contributed by atoms with van der Waals surface area (Å²) in [5, 5.41) is 2.91. The molecule has 0 aliphatic heterocycles. The molecular formula is C22H30N2O4S. The van der Waals surface area contributed by atoms with Crippen LogP contribution in [0.2, 0.25) is 0 Å². The lowest BCUT2D eigenvalue weighted by molar-refractivity contribution is -0.121. The second-order valence-electron chi connectivity index (χ2n) is 7.79. The predicted molar refractivity (Wildman–Crippen MR) is 116 cm³/mol. The Morgan fingerprint density at radius 2 is 1.66 bits per heavy atom. The van der Waals surface area contributed by atoms with E-state index in [2.05, 4.69) is 5.32 Å². The molecule has 0 bridgehead atoms. The number of carbonyl (C=O) groups excluding carboxylic acids is 1. The summed E-state index contributed by atoms with van der Waals surface area (Å²) in [5.74, 6) is 0.00457. The van der Waals surface area contributed by atoms with Crippen molar-refractivity contribution < 1.29 is 17.9 Å². The molecule has 1 amide bonds. The minimum atomic E-state index is -3.99. The van der Waals surface area contributed by atoms with Crippen molar-refractivity contribution in [3.8, 4) is 5.75 Å². The number of nitrogens with zero attached hydrogens (tertiary/aromatic N) is 1. The molecule has 0 aromatic heterocycles. The van der Waals surface area contributed by atoms with Gasteiger partial charge in [-0.25, -0.2) is 8.42 Å². The molecule has 0 saturated heterocycles. The van der Waals surface area contributed by atoms with Gasteiger partial charge in [0.2, 0.25) is 5.91 Å². The van der Waals surface area contributed by atoms with Gasteiger partial charge in [0.05, 0.1) is 17.7 Å². The van der Waals surface area contributed by atoms with Crippen LogP contribution in [-0.2, 0) is 14.8 Å². The molecule has 0 radical (unpaired) electrons. The minimum Gasteiger partial charge on any atom is -0.495 e. The van der Waals surface area contributed by atoms with Gasteiger partial charge in [-0.3, -0.25) is 9.10 Å². The van der Waals surface area contributed by atoms with Gasteiger partial charge in [-0.15, -0.1) is 0 Å². The molecule has 0 heterocycles. The van der Waals surface area contributed by atoms with Gasteiger partial charge in [-0.05, 0) is 63.9 Å². The Labute approximate surface area is 173 Å². The first-order chi connectivity index (χ1) is 13.5. The van der Waals surface area contributed by atoms with Crippen LogP contribution in [0.3, 0.4) is 0 Å². The van der Waals surface area contributed by atoms with Gasteiger partial charge in [0, 0.05) is 5.54 Å². The summed E-state index contributed by atoms with van der Waals surface area (Å²) in [5.41, 5.74) is 1.70. The molecule has 0 saturated carbocycles. The van der Waals surface area contributed by atoms with Crippen LogP contribution in [0.4, 0.5) is 5.69 Å². The highest BCUT2D eigenvalue weighted by molar-refractivity contribution is 7.92. The van der Waals surface area contributed by atoms with E-state index in [4.69, 9.17) is 4.74 Å². The maximum atomic E-state index is 13.5. The third-order valence-electron chi connectivity index (χ3n) is 4.86. The Balaban J connectivity index is 2.55. The van der Waals surface area contributed by atoms with E-state index in [0.29, 0.717) is 11.4 Å². The van der Waals surface area contributed by atoms with Crippen LogP contribution in [0.15, 0.2) is 47.4 Å². The van der Waals surface area contributed by atoms with E-state index in [1.54, 1.807) is 36.4 Å². The molecule has 0 aliphatic carbocycles. The molecule has 0 atom stereocenters. The lowest BCUT2D eigenvalue weighted by atomic mass is 10.0. The first kappa shape index (κ1) is 22.7. The van der Waals surface area contributed by atoms with Gasteiger partial charge >= 0.3 is 0 Å². The number of nitrogens with one attached hydrogen (secondary N) is 1. The minimum absolute atomic E-state index is 0.120. The van der Waals surface area contributed by atoms with Crippen molar-refractivity contribution in [2.24, 2.45) is 0 Å².